The molecule has 1 aromatic rings. The predicted molar refractivity (Wildman–Crippen MR) is 58.6 cm³/mol. The van der Waals surface area contributed by atoms with Crippen LogP contribution in [0.5, 0.6) is 0 Å². The summed E-state index contributed by atoms with van der Waals surface area (Å²) in [6.45, 7) is 2.75. The smallest absolute Gasteiger partial charge is 0.317 e. The average molecular weight is 224 g/mol. The normalized spacial score (nSPS) is 10.2. The van der Waals surface area contributed by atoms with Crippen LogP contribution in [-0.4, -0.2) is 34.0 Å². The zero-order chi connectivity index (χ0) is 11.3. The second-order valence-corrected chi connectivity index (χ2v) is 4.04. The van der Waals surface area contributed by atoms with Crippen LogP contribution in [0.2, 0.25) is 0 Å². The lowest BCUT2D eigenvalue weighted by Gasteiger charge is -2.16. The summed E-state index contributed by atoms with van der Waals surface area (Å²) in [4.78, 5) is 17.4. The summed E-state index contributed by atoms with van der Waals surface area (Å²) in [5, 5.41) is 8.69. The molecule has 0 saturated heterocycles. The molecular formula is C10H12N2O2S. The topological polar surface area (TPSA) is 53.4 Å². The summed E-state index contributed by atoms with van der Waals surface area (Å²) < 4.78 is 0. The molecule has 0 amide bonds. The van der Waals surface area contributed by atoms with Crippen LogP contribution < -0.4 is 0 Å². The molecule has 0 aliphatic heterocycles. The van der Waals surface area contributed by atoms with E-state index in [0.29, 0.717) is 13.1 Å². The summed E-state index contributed by atoms with van der Waals surface area (Å²) in [5.41, 5.74) is 2.69. The van der Waals surface area contributed by atoms with Crippen molar-refractivity contribution in [3.05, 3.63) is 16.1 Å². The number of hydrogen-bond acceptors (Lipinski definition) is 4. The number of aryl methyl sites for hydroxylation is 1. The van der Waals surface area contributed by atoms with Gasteiger partial charge >= 0.3 is 5.97 Å². The van der Waals surface area contributed by atoms with Crippen LogP contribution in [-0.2, 0) is 11.3 Å². The molecule has 80 valence electrons. The monoisotopic (exact) mass is 224 g/mol. The van der Waals surface area contributed by atoms with E-state index in [2.05, 4.69) is 10.9 Å². The Morgan fingerprint density at radius 1 is 1.80 bits per heavy atom. The third kappa shape index (κ3) is 3.70. The number of hydrogen-bond donors (Lipinski definition) is 1. The lowest BCUT2D eigenvalue weighted by atomic mass is 10.3. The molecule has 1 N–H and O–H groups in total. The number of aromatic nitrogens is 1. The molecule has 0 bridgehead atoms. The van der Waals surface area contributed by atoms with E-state index in [4.69, 9.17) is 11.5 Å². The number of thiazole rings is 1. The number of nitrogens with zero attached hydrogens (tertiary/aromatic N) is 2. The van der Waals surface area contributed by atoms with Crippen molar-refractivity contribution in [1.29, 1.82) is 0 Å². The number of carboxylic acids is 1. The molecule has 4 nitrogen and oxygen atoms in total. The summed E-state index contributed by atoms with van der Waals surface area (Å²) in [6.07, 6.45) is 5.18. The lowest BCUT2D eigenvalue weighted by Crippen LogP contribution is -2.29. The van der Waals surface area contributed by atoms with Crippen molar-refractivity contribution in [2.45, 2.75) is 13.5 Å². The van der Waals surface area contributed by atoms with Crippen molar-refractivity contribution in [3.63, 3.8) is 0 Å². The van der Waals surface area contributed by atoms with E-state index in [1.54, 1.807) is 10.4 Å². The molecule has 0 saturated carbocycles. The van der Waals surface area contributed by atoms with Gasteiger partial charge in [-0.1, -0.05) is 5.92 Å². The Bertz CT molecular complexity index is 381. The largest absolute Gasteiger partial charge is 0.480 e. The molecule has 0 aliphatic carbocycles. The molecule has 0 unspecified atom stereocenters. The molecule has 1 rings (SSSR count). The quantitative estimate of drug-likeness (QED) is 0.757. The molecule has 0 spiro atoms. The summed E-state index contributed by atoms with van der Waals surface area (Å²) in [7, 11) is 0. The van der Waals surface area contributed by atoms with Crippen LogP contribution >= 0.6 is 11.3 Å². The van der Waals surface area contributed by atoms with Gasteiger partial charge in [-0.2, -0.15) is 0 Å². The van der Waals surface area contributed by atoms with Crippen LogP contribution in [0.4, 0.5) is 0 Å². The second kappa shape index (κ2) is 5.49. The van der Waals surface area contributed by atoms with Crippen LogP contribution in [0.1, 0.15) is 10.6 Å². The highest BCUT2D eigenvalue weighted by molar-refractivity contribution is 7.09. The molecule has 1 heterocycles. The maximum Gasteiger partial charge on any atom is 0.317 e. The molecular weight excluding hydrogens is 212 g/mol. The molecule has 0 radical (unpaired) electrons. The van der Waals surface area contributed by atoms with Gasteiger partial charge in [-0.05, 0) is 6.92 Å². The standard InChI is InChI=1S/C10H12N2O2S/c1-3-4-12(6-10(13)14)5-9-8(2)11-7-15-9/h1,7H,4-6H2,2H3,(H,13,14). The Labute approximate surface area is 92.6 Å². The third-order valence-electron chi connectivity index (χ3n) is 1.89. The van der Waals surface area contributed by atoms with Gasteiger partial charge in [-0.25, -0.2) is 4.98 Å². The fourth-order valence-electron chi connectivity index (χ4n) is 1.17. The van der Waals surface area contributed by atoms with Crippen molar-refractivity contribution < 1.29 is 9.90 Å². The van der Waals surface area contributed by atoms with Gasteiger partial charge in [0.1, 0.15) is 0 Å². The van der Waals surface area contributed by atoms with Crippen molar-refractivity contribution in [2.24, 2.45) is 0 Å². The molecule has 1 aromatic heterocycles. The number of terminal acetylenes is 1. The van der Waals surface area contributed by atoms with Gasteiger partial charge in [0.05, 0.1) is 24.3 Å². The van der Waals surface area contributed by atoms with Crippen molar-refractivity contribution in [3.8, 4) is 12.3 Å². The fraction of sp³-hybridized carbons (Fsp3) is 0.400. The van der Waals surface area contributed by atoms with Gasteiger partial charge in [0.25, 0.3) is 0 Å². The first-order chi connectivity index (χ1) is 7.13. The molecule has 0 aromatic carbocycles. The fourth-order valence-corrected chi connectivity index (χ4v) is 1.99. The minimum Gasteiger partial charge on any atom is -0.480 e. The maximum absolute atomic E-state index is 10.6. The van der Waals surface area contributed by atoms with Gasteiger partial charge < -0.3 is 5.11 Å². The van der Waals surface area contributed by atoms with E-state index in [-0.39, 0.29) is 6.54 Å². The van der Waals surface area contributed by atoms with E-state index in [0.717, 1.165) is 10.6 Å². The van der Waals surface area contributed by atoms with Gasteiger partial charge in [0, 0.05) is 11.4 Å². The van der Waals surface area contributed by atoms with E-state index < -0.39 is 5.97 Å². The SMILES string of the molecule is C#CCN(CC(=O)O)Cc1scnc1C. The van der Waals surface area contributed by atoms with Crippen LogP contribution in [0.15, 0.2) is 5.51 Å². The van der Waals surface area contributed by atoms with Crippen molar-refractivity contribution in [2.75, 3.05) is 13.1 Å². The van der Waals surface area contributed by atoms with Gasteiger partial charge in [0.2, 0.25) is 0 Å². The van der Waals surface area contributed by atoms with E-state index >= 15 is 0 Å². The van der Waals surface area contributed by atoms with Crippen molar-refractivity contribution in [1.82, 2.24) is 9.88 Å². The first-order valence-corrected chi connectivity index (χ1v) is 5.28. The van der Waals surface area contributed by atoms with Crippen LogP contribution in [0, 0.1) is 19.3 Å². The third-order valence-corrected chi connectivity index (χ3v) is 2.81. The Morgan fingerprint density at radius 2 is 2.53 bits per heavy atom. The highest BCUT2D eigenvalue weighted by Crippen LogP contribution is 2.14. The summed E-state index contributed by atoms with van der Waals surface area (Å²) >= 11 is 1.52. The van der Waals surface area contributed by atoms with E-state index in [1.165, 1.54) is 11.3 Å². The molecule has 15 heavy (non-hydrogen) atoms. The van der Waals surface area contributed by atoms with E-state index in [1.807, 2.05) is 6.92 Å². The Hall–Kier alpha value is -1.38. The molecule has 0 fully saturated rings. The Kier molecular flexibility index (Phi) is 4.28. The molecule has 0 aliphatic rings. The number of carbonyl (C=O) groups is 1. The lowest BCUT2D eigenvalue weighted by molar-refractivity contribution is -0.138. The minimum atomic E-state index is -0.868. The molecule has 0 atom stereocenters. The maximum atomic E-state index is 10.6. The average Bonchev–Trinajstić information content (AvgIpc) is 2.51. The minimum absolute atomic E-state index is 0.0401. The second-order valence-electron chi connectivity index (χ2n) is 3.10. The Morgan fingerprint density at radius 3 is 3.00 bits per heavy atom. The van der Waals surface area contributed by atoms with Gasteiger partial charge in [-0.3, -0.25) is 9.69 Å². The first-order valence-electron chi connectivity index (χ1n) is 4.40. The molecule has 5 heteroatoms. The van der Waals surface area contributed by atoms with Gasteiger partial charge in [-0.15, -0.1) is 17.8 Å². The van der Waals surface area contributed by atoms with E-state index in [9.17, 15) is 4.79 Å². The van der Waals surface area contributed by atoms with Crippen LogP contribution in [0.3, 0.4) is 0 Å². The van der Waals surface area contributed by atoms with Crippen molar-refractivity contribution >= 4 is 17.3 Å². The highest BCUT2D eigenvalue weighted by atomic mass is 32.1. The first kappa shape index (κ1) is 11.7. The van der Waals surface area contributed by atoms with Crippen LogP contribution in [0.25, 0.3) is 0 Å². The Balaban J connectivity index is 2.63. The summed E-state index contributed by atoms with van der Waals surface area (Å²) in [6, 6.07) is 0. The highest BCUT2D eigenvalue weighted by Gasteiger charge is 2.11. The number of rotatable bonds is 5. The zero-order valence-electron chi connectivity index (χ0n) is 8.43. The number of carboxylic acid groups (broad SMARTS) is 1. The summed E-state index contributed by atoms with van der Waals surface area (Å²) in [5.74, 6) is 1.58. The predicted octanol–water partition coefficient (Wildman–Crippen LogP) is 0.971. The zero-order valence-corrected chi connectivity index (χ0v) is 9.25. The van der Waals surface area contributed by atoms with Gasteiger partial charge in [0.15, 0.2) is 0 Å². The number of aliphatic carboxylic acids is 1.